The topological polar surface area (TPSA) is 66.5 Å². The first-order valence-electron chi connectivity index (χ1n) is 7.60. The summed E-state index contributed by atoms with van der Waals surface area (Å²) in [5.74, 6) is -1.33. The number of carbonyl (C=O) groups is 1. The van der Waals surface area contributed by atoms with Crippen molar-refractivity contribution in [2.24, 2.45) is 5.92 Å². The first-order chi connectivity index (χ1) is 11.1. The Labute approximate surface area is 138 Å². The molecule has 0 unspecified atom stereocenters. The lowest BCUT2D eigenvalue weighted by molar-refractivity contribution is -0.137. The summed E-state index contributed by atoms with van der Waals surface area (Å²) >= 11 is 0. The van der Waals surface area contributed by atoms with Crippen LogP contribution in [-0.2, 0) is 21.0 Å². The van der Waals surface area contributed by atoms with Crippen molar-refractivity contribution in [1.29, 1.82) is 0 Å². The highest BCUT2D eigenvalue weighted by atomic mass is 32.2. The van der Waals surface area contributed by atoms with Crippen LogP contribution in [0.4, 0.5) is 18.9 Å². The molecule has 0 radical (unpaired) electrons. The van der Waals surface area contributed by atoms with Gasteiger partial charge in [-0.15, -0.1) is 0 Å². The highest BCUT2D eigenvalue weighted by Crippen LogP contribution is 2.35. The molecule has 9 heteroatoms. The maximum Gasteiger partial charge on any atom is 0.418 e. The monoisotopic (exact) mass is 364 g/mol. The van der Waals surface area contributed by atoms with Crippen molar-refractivity contribution in [3.05, 3.63) is 29.8 Å². The lowest BCUT2D eigenvalue weighted by Gasteiger charge is -2.31. The van der Waals surface area contributed by atoms with E-state index in [1.54, 1.807) is 0 Å². The Balaban J connectivity index is 2.14. The second-order valence-electron chi connectivity index (χ2n) is 5.63. The molecule has 1 aromatic carbocycles. The number of carbonyl (C=O) groups excluding carboxylic acids is 1. The molecule has 0 aliphatic carbocycles. The fourth-order valence-electron chi connectivity index (χ4n) is 2.67. The molecule has 1 heterocycles. The van der Waals surface area contributed by atoms with Crippen molar-refractivity contribution in [3.63, 3.8) is 0 Å². The Morgan fingerprint density at radius 2 is 2.00 bits per heavy atom. The zero-order valence-corrected chi connectivity index (χ0v) is 14.0. The van der Waals surface area contributed by atoms with Gasteiger partial charge in [0.05, 0.1) is 22.9 Å². The van der Waals surface area contributed by atoms with Gasteiger partial charge >= 0.3 is 6.18 Å². The standard InChI is InChI=1S/C15H19F3N2O3S/c1-2-24(22,23)20-9-5-6-11(10-20)14(21)19-13-8-4-3-7-12(13)15(16,17)18/h3-4,7-8,11H,2,5-6,9-10H2,1H3,(H,19,21)/t11-/m0/s1. The summed E-state index contributed by atoms with van der Waals surface area (Å²) in [5.41, 5.74) is -1.24. The number of piperidine rings is 1. The second-order valence-corrected chi connectivity index (χ2v) is 7.89. The molecule has 5 nitrogen and oxygen atoms in total. The summed E-state index contributed by atoms with van der Waals surface area (Å²) in [5, 5.41) is 2.30. The molecule has 0 saturated carbocycles. The summed E-state index contributed by atoms with van der Waals surface area (Å²) < 4.78 is 64.0. The predicted octanol–water partition coefficient (Wildman–Crippen LogP) is 2.71. The fourth-order valence-corrected chi connectivity index (χ4v) is 3.85. The molecular weight excluding hydrogens is 345 g/mol. The third kappa shape index (κ3) is 4.27. The molecule has 1 aliphatic rings. The molecule has 134 valence electrons. The number of para-hydroxylation sites is 1. The molecule has 1 fully saturated rings. The molecule has 1 atom stereocenters. The lowest BCUT2D eigenvalue weighted by Crippen LogP contribution is -2.44. The number of halogens is 3. The van der Waals surface area contributed by atoms with Gasteiger partial charge in [0, 0.05) is 13.1 Å². The quantitative estimate of drug-likeness (QED) is 0.893. The number of anilines is 1. The van der Waals surface area contributed by atoms with E-state index >= 15 is 0 Å². The number of sulfonamides is 1. The molecule has 0 spiro atoms. The number of amides is 1. The number of nitrogens with zero attached hydrogens (tertiary/aromatic N) is 1. The van der Waals surface area contributed by atoms with E-state index in [1.165, 1.54) is 29.4 Å². The number of alkyl halides is 3. The van der Waals surface area contributed by atoms with Crippen molar-refractivity contribution in [3.8, 4) is 0 Å². The Morgan fingerprint density at radius 3 is 2.62 bits per heavy atom. The van der Waals surface area contributed by atoms with Crippen LogP contribution >= 0.6 is 0 Å². The smallest absolute Gasteiger partial charge is 0.325 e. The number of rotatable bonds is 4. The average Bonchev–Trinajstić information content (AvgIpc) is 2.54. The maximum atomic E-state index is 13.0. The molecule has 24 heavy (non-hydrogen) atoms. The van der Waals surface area contributed by atoms with E-state index in [4.69, 9.17) is 0 Å². The SMILES string of the molecule is CCS(=O)(=O)N1CCC[C@H](C(=O)Nc2ccccc2C(F)(F)F)C1. The molecule has 1 aliphatic heterocycles. The van der Waals surface area contributed by atoms with Crippen LogP contribution in [0.1, 0.15) is 25.3 Å². The minimum atomic E-state index is -4.58. The van der Waals surface area contributed by atoms with Crippen LogP contribution in [0.15, 0.2) is 24.3 Å². The van der Waals surface area contributed by atoms with E-state index in [0.29, 0.717) is 19.4 Å². The van der Waals surface area contributed by atoms with Gasteiger partial charge in [0.25, 0.3) is 0 Å². The molecule has 1 aromatic rings. The molecule has 2 rings (SSSR count). The summed E-state index contributed by atoms with van der Waals surface area (Å²) in [6.45, 7) is 1.84. The van der Waals surface area contributed by atoms with Crippen molar-refractivity contribution < 1.29 is 26.4 Å². The van der Waals surface area contributed by atoms with Gasteiger partial charge in [-0.2, -0.15) is 13.2 Å². The van der Waals surface area contributed by atoms with E-state index in [0.717, 1.165) is 6.07 Å². The van der Waals surface area contributed by atoms with Crippen molar-refractivity contribution in [2.75, 3.05) is 24.2 Å². The van der Waals surface area contributed by atoms with Gasteiger partial charge in [-0.25, -0.2) is 12.7 Å². The summed E-state index contributed by atoms with van der Waals surface area (Å²) in [6.07, 6.45) is -3.64. The van der Waals surface area contributed by atoms with Gasteiger partial charge in [-0.1, -0.05) is 12.1 Å². The van der Waals surface area contributed by atoms with E-state index in [9.17, 15) is 26.4 Å². The largest absolute Gasteiger partial charge is 0.418 e. The van der Waals surface area contributed by atoms with Gasteiger partial charge < -0.3 is 5.32 Å². The van der Waals surface area contributed by atoms with Crippen LogP contribution in [-0.4, -0.2) is 37.5 Å². The van der Waals surface area contributed by atoms with Gasteiger partial charge in [0.1, 0.15) is 0 Å². The Hall–Kier alpha value is -1.61. The minimum Gasteiger partial charge on any atom is -0.325 e. The molecule has 1 amide bonds. The average molecular weight is 364 g/mol. The van der Waals surface area contributed by atoms with Gasteiger partial charge in [0.15, 0.2) is 0 Å². The predicted molar refractivity (Wildman–Crippen MR) is 83.8 cm³/mol. The van der Waals surface area contributed by atoms with E-state index in [1.807, 2.05) is 0 Å². The Bertz CT molecular complexity index is 704. The van der Waals surface area contributed by atoms with E-state index in [-0.39, 0.29) is 18.0 Å². The molecule has 1 N–H and O–H groups in total. The zero-order valence-electron chi connectivity index (χ0n) is 13.1. The van der Waals surface area contributed by atoms with Crippen LogP contribution in [0.3, 0.4) is 0 Å². The van der Waals surface area contributed by atoms with Gasteiger partial charge in [-0.3, -0.25) is 4.79 Å². The summed E-state index contributed by atoms with van der Waals surface area (Å²) in [4.78, 5) is 12.3. The van der Waals surface area contributed by atoms with Crippen LogP contribution < -0.4 is 5.32 Å². The zero-order chi connectivity index (χ0) is 18.0. The Morgan fingerprint density at radius 1 is 1.33 bits per heavy atom. The number of nitrogens with one attached hydrogen (secondary N) is 1. The third-order valence-electron chi connectivity index (χ3n) is 4.00. The fraction of sp³-hybridized carbons (Fsp3) is 0.533. The highest BCUT2D eigenvalue weighted by molar-refractivity contribution is 7.89. The minimum absolute atomic E-state index is 0.00378. The summed E-state index contributed by atoms with van der Waals surface area (Å²) in [7, 11) is -3.42. The second kappa shape index (κ2) is 7.10. The van der Waals surface area contributed by atoms with Crippen LogP contribution in [0.5, 0.6) is 0 Å². The van der Waals surface area contributed by atoms with E-state index in [2.05, 4.69) is 5.32 Å². The van der Waals surface area contributed by atoms with Crippen molar-refractivity contribution in [2.45, 2.75) is 25.9 Å². The molecule has 0 bridgehead atoms. The van der Waals surface area contributed by atoms with Crippen LogP contribution in [0.25, 0.3) is 0 Å². The normalized spacial score (nSPS) is 19.9. The lowest BCUT2D eigenvalue weighted by atomic mass is 9.98. The Kier molecular flexibility index (Phi) is 5.54. The first kappa shape index (κ1) is 18.7. The van der Waals surface area contributed by atoms with E-state index < -0.39 is 33.6 Å². The van der Waals surface area contributed by atoms with Gasteiger partial charge in [-0.05, 0) is 31.9 Å². The number of benzene rings is 1. The third-order valence-corrected chi connectivity index (χ3v) is 5.85. The van der Waals surface area contributed by atoms with Crippen LogP contribution in [0, 0.1) is 5.92 Å². The number of hydrogen-bond donors (Lipinski definition) is 1. The molecular formula is C15H19F3N2O3S. The highest BCUT2D eigenvalue weighted by Gasteiger charge is 2.35. The molecule has 0 aromatic heterocycles. The summed E-state index contributed by atoms with van der Waals surface area (Å²) in [6, 6.07) is 4.72. The van der Waals surface area contributed by atoms with Crippen molar-refractivity contribution >= 4 is 21.6 Å². The maximum absolute atomic E-state index is 13.0. The van der Waals surface area contributed by atoms with Crippen LogP contribution in [0.2, 0.25) is 0 Å². The molecule has 1 saturated heterocycles. The van der Waals surface area contributed by atoms with Gasteiger partial charge in [0.2, 0.25) is 15.9 Å². The number of hydrogen-bond acceptors (Lipinski definition) is 3. The first-order valence-corrected chi connectivity index (χ1v) is 9.21. The van der Waals surface area contributed by atoms with Crippen molar-refractivity contribution in [1.82, 2.24) is 4.31 Å².